The topological polar surface area (TPSA) is 85.8 Å². The van der Waals surface area contributed by atoms with Crippen molar-refractivity contribution in [1.82, 2.24) is 19.7 Å². The summed E-state index contributed by atoms with van der Waals surface area (Å²) in [6.45, 7) is 1.82. The number of nitrogens with one attached hydrogen (secondary N) is 1. The number of carbonyl (C=O) groups excluding carboxylic acids is 1. The maximum atomic E-state index is 12.3. The van der Waals surface area contributed by atoms with E-state index in [1.54, 1.807) is 6.20 Å². The quantitative estimate of drug-likeness (QED) is 0.526. The van der Waals surface area contributed by atoms with Gasteiger partial charge < -0.3 is 14.3 Å². The van der Waals surface area contributed by atoms with Crippen molar-refractivity contribution in [2.75, 3.05) is 5.32 Å². The Morgan fingerprint density at radius 1 is 1.35 bits per heavy atom. The van der Waals surface area contributed by atoms with Crippen LogP contribution in [0.15, 0.2) is 51.5 Å². The number of anilines is 1. The lowest BCUT2D eigenvalue weighted by molar-refractivity contribution is -0.115. The maximum Gasteiger partial charge on any atom is 0.239 e. The molecule has 3 aromatic heterocycles. The Hall–Kier alpha value is -2.65. The van der Waals surface area contributed by atoms with E-state index in [9.17, 15) is 4.79 Å². The fourth-order valence-electron chi connectivity index (χ4n) is 2.43. The molecule has 0 aliphatic carbocycles. The van der Waals surface area contributed by atoms with Crippen LogP contribution in [0.1, 0.15) is 6.92 Å². The molecule has 4 rings (SSSR count). The Morgan fingerprint density at radius 2 is 2.19 bits per heavy atom. The SMILES string of the molecule is C[C@@H](Sc1nnc(-c2cc3ccccc3o2)n1C)C(=O)Nc1nccs1. The highest BCUT2D eigenvalue weighted by atomic mass is 32.2. The van der Waals surface area contributed by atoms with Crippen LogP contribution in [0.25, 0.3) is 22.6 Å². The van der Waals surface area contributed by atoms with E-state index in [0.29, 0.717) is 21.9 Å². The van der Waals surface area contributed by atoms with Crippen molar-refractivity contribution in [1.29, 1.82) is 0 Å². The molecule has 0 unspecified atom stereocenters. The molecule has 132 valence electrons. The minimum atomic E-state index is -0.342. The van der Waals surface area contributed by atoms with E-state index < -0.39 is 0 Å². The number of thiazole rings is 1. The molecule has 4 aromatic rings. The average Bonchev–Trinajstić information content (AvgIpc) is 3.35. The highest BCUT2D eigenvalue weighted by Gasteiger charge is 2.21. The number of aromatic nitrogens is 4. The third-order valence-corrected chi connectivity index (χ3v) is 5.62. The summed E-state index contributed by atoms with van der Waals surface area (Å²) in [5.41, 5.74) is 0.802. The molecular weight excluding hydrogens is 370 g/mol. The normalized spacial score (nSPS) is 12.4. The molecule has 0 fully saturated rings. The van der Waals surface area contributed by atoms with E-state index in [4.69, 9.17) is 4.42 Å². The minimum absolute atomic E-state index is 0.127. The van der Waals surface area contributed by atoms with Crippen molar-refractivity contribution in [3.63, 3.8) is 0 Å². The fraction of sp³-hybridized carbons (Fsp3) is 0.176. The summed E-state index contributed by atoms with van der Waals surface area (Å²) in [5.74, 6) is 1.14. The number of carbonyl (C=O) groups is 1. The van der Waals surface area contributed by atoms with Gasteiger partial charge in [-0.2, -0.15) is 0 Å². The fourth-order valence-corrected chi connectivity index (χ4v) is 3.77. The van der Waals surface area contributed by atoms with E-state index in [-0.39, 0.29) is 11.2 Å². The number of amides is 1. The Balaban J connectivity index is 1.52. The van der Waals surface area contributed by atoms with Crippen molar-refractivity contribution in [2.24, 2.45) is 7.05 Å². The highest BCUT2D eigenvalue weighted by Crippen LogP contribution is 2.30. The van der Waals surface area contributed by atoms with Gasteiger partial charge in [0.15, 0.2) is 21.9 Å². The first kappa shape index (κ1) is 16.8. The van der Waals surface area contributed by atoms with Gasteiger partial charge in [-0.3, -0.25) is 4.79 Å². The molecular formula is C17H15N5O2S2. The van der Waals surface area contributed by atoms with Crippen LogP contribution in [-0.2, 0) is 11.8 Å². The van der Waals surface area contributed by atoms with Gasteiger partial charge in [0, 0.05) is 24.0 Å². The van der Waals surface area contributed by atoms with E-state index in [1.807, 2.05) is 54.3 Å². The van der Waals surface area contributed by atoms with E-state index >= 15 is 0 Å². The van der Waals surface area contributed by atoms with Crippen molar-refractivity contribution in [3.05, 3.63) is 41.9 Å². The lowest BCUT2D eigenvalue weighted by Crippen LogP contribution is -2.22. The van der Waals surface area contributed by atoms with Crippen LogP contribution in [0, 0.1) is 0 Å². The second kappa shape index (κ2) is 6.93. The van der Waals surface area contributed by atoms with Gasteiger partial charge in [-0.05, 0) is 19.1 Å². The average molecular weight is 385 g/mol. The second-order valence-electron chi connectivity index (χ2n) is 5.60. The van der Waals surface area contributed by atoms with Crippen LogP contribution in [-0.4, -0.2) is 30.9 Å². The van der Waals surface area contributed by atoms with Crippen molar-refractivity contribution in [3.8, 4) is 11.6 Å². The Kier molecular flexibility index (Phi) is 4.48. The van der Waals surface area contributed by atoms with Crippen LogP contribution in [0.5, 0.6) is 0 Å². The first-order chi connectivity index (χ1) is 12.6. The predicted molar refractivity (Wildman–Crippen MR) is 102 cm³/mol. The molecule has 3 heterocycles. The monoisotopic (exact) mass is 385 g/mol. The van der Waals surface area contributed by atoms with Gasteiger partial charge in [-0.25, -0.2) is 4.98 Å². The number of rotatable bonds is 5. The summed E-state index contributed by atoms with van der Waals surface area (Å²) in [5, 5.41) is 14.9. The summed E-state index contributed by atoms with van der Waals surface area (Å²) in [7, 11) is 1.86. The van der Waals surface area contributed by atoms with Crippen molar-refractivity contribution >= 4 is 45.1 Å². The minimum Gasteiger partial charge on any atom is -0.453 e. The Labute approximate surface area is 157 Å². The molecule has 0 radical (unpaired) electrons. The van der Waals surface area contributed by atoms with E-state index in [1.165, 1.54) is 23.1 Å². The third-order valence-electron chi connectivity index (χ3n) is 3.79. The molecule has 1 atom stereocenters. The molecule has 1 aromatic carbocycles. The van der Waals surface area contributed by atoms with Crippen LogP contribution in [0.3, 0.4) is 0 Å². The van der Waals surface area contributed by atoms with Crippen LogP contribution in [0.2, 0.25) is 0 Å². The summed E-state index contributed by atoms with van der Waals surface area (Å²) in [6, 6.07) is 9.72. The van der Waals surface area contributed by atoms with Gasteiger partial charge in [0.2, 0.25) is 5.91 Å². The van der Waals surface area contributed by atoms with Gasteiger partial charge in [0.05, 0.1) is 5.25 Å². The first-order valence-electron chi connectivity index (χ1n) is 7.87. The zero-order valence-corrected chi connectivity index (χ0v) is 15.7. The van der Waals surface area contributed by atoms with E-state index in [2.05, 4.69) is 20.5 Å². The molecule has 0 aliphatic heterocycles. The summed E-state index contributed by atoms with van der Waals surface area (Å²) >= 11 is 2.72. The number of hydrogen-bond donors (Lipinski definition) is 1. The van der Waals surface area contributed by atoms with Gasteiger partial charge in [-0.1, -0.05) is 30.0 Å². The molecule has 1 N–H and O–H groups in total. The van der Waals surface area contributed by atoms with Crippen LogP contribution >= 0.6 is 23.1 Å². The van der Waals surface area contributed by atoms with Crippen LogP contribution in [0.4, 0.5) is 5.13 Å². The van der Waals surface area contributed by atoms with E-state index in [0.717, 1.165) is 11.0 Å². The zero-order valence-electron chi connectivity index (χ0n) is 14.0. The number of nitrogens with zero attached hydrogens (tertiary/aromatic N) is 4. The summed E-state index contributed by atoms with van der Waals surface area (Å²) in [6.07, 6.45) is 1.65. The lowest BCUT2D eigenvalue weighted by atomic mass is 10.2. The van der Waals surface area contributed by atoms with Gasteiger partial charge in [-0.15, -0.1) is 21.5 Å². The van der Waals surface area contributed by atoms with Gasteiger partial charge in [0.1, 0.15) is 5.58 Å². The number of benzene rings is 1. The molecule has 1 amide bonds. The maximum absolute atomic E-state index is 12.3. The Morgan fingerprint density at radius 3 is 2.96 bits per heavy atom. The molecule has 0 aliphatic rings. The van der Waals surface area contributed by atoms with Gasteiger partial charge in [0.25, 0.3) is 0 Å². The van der Waals surface area contributed by atoms with Gasteiger partial charge >= 0.3 is 0 Å². The largest absolute Gasteiger partial charge is 0.453 e. The van der Waals surface area contributed by atoms with Crippen LogP contribution < -0.4 is 5.32 Å². The molecule has 9 heteroatoms. The summed E-state index contributed by atoms with van der Waals surface area (Å²) < 4.78 is 7.68. The van der Waals surface area contributed by atoms with Crippen molar-refractivity contribution in [2.45, 2.75) is 17.3 Å². The zero-order chi connectivity index (χ0) is 18.1. The molecule has 0 bridgehead atoms. The smallest absolute Gasteiger partial charge is 0.239 e. The molecule has 0 saturated carbocycles. The standard InChI is InChI=1S/C17H15N5O2S2/c1-10(15(23)19-16-18-7-8-25-16)26-17-21-20-14(22(17)2)13-9-11-5-3-4-6-12(11)24-13/h3-10H,1-2H3,(H,18,19,23)/t10-/m1/s1. The molecule has 7 nitrogen and oxygen atoms in total. The first-order valence-corrected chi connectivity index (χ1v) is 9.63. The summed E-state index contributed by atoms with van der Waals surface area (Å²) in [4.78, 5) is 16.3. The number of para-hydroxylation sites is 1. The number of furan rings is 1. The molecule has 0 saturated heterocycles. The second-order valence-corrected chi connectivity index (χ2v) is 7.80. The number of thioether (sulfide) groups is 1. The predicted octanol–water partition coefficient (Wildman–Crippen LogP) is 3.80. The third kappa shape index (κ3) is 3.23. The molecule has 0 spiro atoms. The van der Waals surface area contributed by atoms with Crippen molar-refractivity contribution < 1.29 is 9.21 Å². The lowest BCUT2D eigenvalue weighted by Gasteiger charge is -2.09. The number of fused-ring (bicyclic) bond motifs is 1. The number of hydrogen-bond acceptors (Lipinski definition) is 7. The molecule has 26 heavy (non-hydrogen) atoms. The highest BCUT2D eigenvalue weighted by molar-refractivity contribution is 8.00. The Bertz CT molecular complexity index is 1020.